The summed E-state index contributed by atoms with van der Waals surface area (Å²) in [5, 5.41) is 0.934. The molecule has 0 atom stereocenters. The first-order valence-corrected chi connectivity index (χ1v) is 8.62. The Balaban J connectivity index is 1.62. The van der Waals surface area contributed by atoms with Crippen LogP contribution in [0.4, 0.5) is 14.9 Å². The van der Waals surface area contributed by atoms with Gasteiger partial charge in [-0.15, -0.1) is 0 Å². The maximum atomic E-state index is 13.7. The Morgan fingerprint density at radius 3 is 2.36 bits per heavy atom. The van der Waals surface area contributed by atoms with Crippen LogP contribution >= 0.6 is 23.2 Å². The zero-order valence-electron chi connectivity index (χ0n) is 13.6. The lowest BCUT2D eigenvalue weighted by molar-refractivity contribution is 0.147. The molecule has 1 amide bonds. The molecular formula is C18H17Cl2FN2O2. The molecule has 2 aromatic carbocycles. The molecule has 0 bridgehead atoms. The predicted molar refractivity (Wildman–Crippen MR) is 97.4 cm³/mol. The van der Waals surface area contributed by atoms with Crippen molar-refractivity contribution in [1.82, 2.24) is 4.90 Å². The van der Waals surface area contributed by atoms with Gasteiger partial charge >= 0.3 is 6.09 Å². The van der Waals surface area contributed by atoms with E-state index in [1.54, 1.807) is 4.90 Å². The Hall–Kier alpha value is -1.98. The third-order valence-corrected chi connectivity index (χ3v) is 4.61. The monoisotopic (exact) mass is 382 g/mol. The second kappa shape index (κ2) is 7.50. The molecule has 0 aromatic heterocycles. The van der Waals surface area contributed by atoms with Gasteiger partial charge in [-0.1, -0.05) is 29.3 Å². The standard InChI is InChI=1S/C18H17Cl2FN2O2/c1-12-2-3-14(20)11-16(12)22-6-8-23(9-7-22)18(24)25-17-5-4-13(19)10-15(17)21/h2-5,10-11H,6-9H2,1H3. The molecule has 1 saturated heterocycles. The molecule has 7 heteroatoms. The lowest BCUT2D eigenvalue weighted by Gasteiger charge is -2.36. The van der Waals surface area contributed by atoms with Crippen LogP contribution < -0.4 is 9.64 Å². The Labute approximate surface area is 155 Å². The number of carbonyl (C=O) groups excluding carboxylic acids is 1. The fraction of sp³-hybridized carbons (Fsp3) is 0.278. The van der Waals surface area contributed by atoms with Crippen LogP contribution in [-0.2, 0) is 0 Å². The Morgan fingerprint density at radius 1 is 1.04 bits per heavy atom. The largest absolute Gasteiger partial charge is 0.415 e. The third kappa shape index (κ3) is 4.17. The normalized spacial score (nSPS) is 14.6. The fourth-order valence-electron chi connectivity index (χ4n) is 2.77. The number of nitrogens with zero attached hydrogens (tertiary/aromatic N) is 2. The summed E-state index contributed by atoms with van der Waals surface area (Å²) in [6, 6.07) is 9.70. The van der Waals surface area contributed by atoms with Gasteiger partial charge in [0.05, 0.1) is 0 Å². The van der Waals surface area contributed by atoms with Gasteiger partial charge in [-0.25, -0.2) is 9.18 Å². The lowest BCUT2D eigenvalue weighted by Crippen LogP contribution is -2.49. The summed E-state index contributed by atoms with van der Waals surface area (Å²) in [5.74, 6) is -0.781. The van der Waals surface area contributed by atoms with E-state index < -0.39 is 11.9 Å². The predicted octanol–water partition coefficient (Wildman–Crippen LogP) is 4.76. The molecule has 0 radical (unpaired) electrons. The number of ether oxygens (including phenoxy) is 1. The molecule has 1 aliphatic rings. The van der Waals surface area contributed by atoms with Crippen LogP contribution in [0.1, 0.15) is 5.56 Å². The summed E-state index contributed by atoms with van der Waals surface area (Å²) >= 11 is 11.8. The number of amides is 1. The minimum Gasteiger partial charge on any atom is -0.407 e. The number of rotatable bonds is 2. The van der Waals surface area contributed by atoms with E-state index >= 15 is 0 Å². The average Bonchev–Trinajstić information content (AvgIpc) is 2.59. The number of halogens is 3. The molecule has 1 fully saturated rings. The first-order valence-electron chi connectivity index (χ1n) is 7.87. The van der Waals surface area contributed by atoms with E-state index in [0.29, 0.717) is 31.2 Å². The van der Waals surface area contributed by atoms with Crippen molar-refractivity contribution in [3.05, 3.63) is 57.8 Å². The number of hydrogen-bond acceptors (Lipinski definition) is 3. The van der Waals surface area contributed by atoms with Crippen LogP contribution in [0.15, 0.2) is 36.4 Å². The van der Waals surface area contributed by atoms with Crippen molar-refractivity contribution < 1.29 is 13.9 Å². The molecule has 3 rings (SSSR count). The van der Waals surface area contributed by atoms with E-state index in [1.165, 1.54) is 12.1 Å². The van der Waals surface area contributed by atoms with Gasteiger partial charge in [0, 0.05) is 41.9 Å². The van der Waals surface area contributed by atoms with Gasteiger partial charge in [-0.2, -0.15) is 0 Å². The molecule has 4 nitrogen and oxygen atoms in total. The van der Waals surface area contributed by atoms with Gasteiger partial charge in [0.1, 0.15) is 0 Å². The molecule has 2 aromatic rings. The zero-order valence-corrected chi connectivity index (χ0v) is 15.1. The highest BCUT2D eigenvalue weighted by molar-refractivity contribution is 6.31. The summed E-state index contributed by atoms with van der Waals surface area (Å²) in [5.41, 5.74) is 2.19. The molecule has 0 saturated carbocycles. The molecule has 1 aliphatic heterocycles. The van der Waals surface area contributed by atoms with E-state index in [1.807, 2.05) is 25.1 Å². The highest BCUT2D eigenvalue weighted by Gasteiger charge is 2.24. The Morgan fingerprint density at radius 2 is 1.68 bits per heavy atom. The van der Waals surface area contributed by atoms with Crippen molar-refractivity contribution >= 4 is 35.0 Å². The first-order chi connectivity index (χ1) is 11.9. The van der Waals surface area contributed by atoms with Crippen LogP contribution in [0.25, 0.3) is 0 Å². The van der Waals surface area contributed by atoms with Crippen LogP contribution in [-0.4, -0.2) is 37.2 Å². The van der Waals surface area contributed by atoms with E-state index in [2.05, 4.69) is 4.90 Å². The molecular weight excluding hydrogens is 366 g/mol. The van der Waals surface area contributed by atoms with Crippen molar-refractivity contribution in [3.63, 3.8) is 0 Å². The molecule has 0 spiro atoms. The van der Waals surface area contributed by atoms with Crippen molar-refractivity contribution in [2.75, 3.05) is 31.1 Å². The average molecular weight is 383 g/mol. The second-order valence-electron chi connectivity index (χ2n) is 5.85. The first kappa shape index (κ1) is 17.8. The molecule has 1 heterocycles. The van der Waals surface area contributed by atoms with Gasteiger partial charge in [-0.05, 0) is 42.8 Å². The summed E-state index contributed by atoms with van der Waals surface area (Å²) in [7, 11) is 0. The summed E-state index contributed by atoms with van der Waals surface area (Å²) in [6.45, 7) is 4.30. The highest BCUT2D eigenvalue weighted by Crippen LogP contribution is 2.26. The van der Waals surface area contributed by atoms with Gasteiger partial charge in [-0.3, -0.25) is 0 Å². The van der Waals surface area contributed by atoms with E-state index in [-0.39, 0.29) is 10.8 Å². The number of hydrogen-bond donors (Lipinski definition) is 0. The maximum absolute atomic E-state index is 13.7. The zero-order chi connectivity index (χ0) is 18.0. The molecule has 132 valence electrons. The van der Waals surface area contributed by atoms with E-state index in [4.69, 9.17) is 27.9 Å². The summed E-state index contributed by atoms with van der Waals surface area (Å²) in [4.78, 5) is 16.0. The maximum Gasteiger partial charge on any atom is 0.415 e. The van der Waals surface area contributed by atoms with Crippen LogP contribution in [0.2, 0.25) is 10.0 Å². The van der Waals surface area contributed by atoms with Gasteiger partial charge in [0.2, 0.25) is 0 Å². The number of aryl methyl sites for hydroxylation is 1. The fourth-order valence-corrected chi connectivity index (χ4v) is 3.09. The minimum atomic E-state index is -0.658. The SMILES string of the molecule is Cc1ccc(Cl)cc1N1CCN(C(=O)Oc2ccc(Cl)cc2F)CC1. The molecule has 0 N–H and O–H groups in total. The van der Waals surface area contributed by atoms with Crippen molar-refractivity contribution in [2.45, 2.75) is 6.92 Å². The number of piperazine rings is 1. The second-order valence-corrected chi connectivity index (χ2v) is 6.72. The van der Waals surface area contributed by atoms with Crippen LogP contribution in [0.3, 0.4) is 0 Å². The van der Waals surface area contributed by atoms with Gasteiger partial charge < -0.3 is 14.5 Å². The van der Waals surface area contributed by atoms with Crippen molar-refractivity contribution in [1.29, 1.82) is 0 Å². The van der Waals surface area contributed by atoms with E-state index in [0.717, 1.165) is 17.3 Å². The van der Waals surface area contributed by atoms with Gasteiger partial charge in [0.15, 0.2) is 11.6 Å². The minimum absolute atomic E-state index is 0.123. The van der Waals surface area contributed by atoms with Crippen molar-refractivity contribution in [3.8, 4) is 5.75 Å². The summed E-state index contributed by atoms with van der Waals surface area (Å²) in [6.07, 6.45) is -0.566. The number of carbonyl (C=O) groups is 1. The van der Waals surface area contributed by atoms with Crippen molar-refractivity contribution in [2.24, 2.45) is 0 Å². The quantitative estimate of drug-likeness (QED) is 0.750. The Bertz CT molecular complexity index is 793. The third-order valence-electron chi connectivity index (χ3n) is 4.14. The van der Waals surface area contributed by atoms with Crippen LogP contribution in [0, 0.1) is 12.7 Å². The molecule has 0 unspecified atom stereocenters. The topological polar surface area (TPSA) is 32.8 Å². The highest BCUT2D eigenvalue weighted by atomic mass is 35.5. The summed E-state index contributed by atoms with van der Waals surface area (Å²) < 4.78 is 18.9. The molecule has 25 heavy (non-hydrogen) atoms. The number of anilines is 1. The lowest BCUT2D eigenvalue weighted by atomic mass is 10.1. The smallest absolute Gasteiger partial charge is 0.407 e. The number of benzene rings is 2. The Kier molecular flexibility index (Phi) is 5.35. The van der Waals surface area contributed by atoms with E-state index in [9.17, 15) is 9.18 Å². The molecule has 0 aliphatic carbocycles. The van der Waals surface area contributed by atoms with Crippen LogP contribution in [0.5, 0.6) is 5.75 Å². The van der Waals surface area contributed by atoms with Gasteiger partial charge in [0.25, 0.3) is 0 Å².